The van der Waals surface area contributed by atoms with Crippen LogP contribution in [0.2, 0.25) is 5.28 Å². The number of aryl methyl sites for hydroxylation is 1. The molecule has 2 heterocycles. The summed E-state index contributed by atoms with van der Waals surface area (Å²) in [6.45, 7) is 1.94. The number of hydrogen-bond acceptors (Lipinski definition) is 6. The molecule has 0 fully saturated rings. The lowest BCUT2D eigenvalue weighted by Gasteiger charge is -2.09. The molecule has 0 unspecified atom stereocenters. The standard InChI is InChI=1S/C14H12ClN5O/c1-8-6-7-9-4-3-5-10(11(9)16-8)17-13-18-12(15)19-14(20-13)21-2/h3-7H,1-2H3,(H,17,18,19,20). The van der Waals surface area contributed by atoms with E-state index in [1.165, 1.54) is 7.11 Å². The molecule has 0 amide bonds. The van der Waals surface area contributed by atoms with Crippen LogP contribution in [0.25, 0.3) is 10.9 Å². The van der Waals surface area contributed by atoms with Crippen molar-refractivity contribution in [3.8, 4) is 6.01 Å². The van der Waals surface area contributed by atoms with E-state index < -0.39 is 0 Å². The van der Waals surface area contributed by atoms with Gasteiger partial charge in [0.25, 0.3) is 0 Å². The summed E-state index contributed by atoms with van der Waals surface area (Å²) in [5.74, 6) is 0.308. The highest BCUT2D eigenvalue weighted by molar-refractivity contribution is 6.28. The second kappa shape index (κ2) is 5.49. The normalized spacial score (nSPS) is 10.6. The summed E-state index contributed by atoms with van der Waals surface area (Å²) in [6, 6.07) is 9.97. The number of nitrogens with one attached hydrogen (secondary N) is 1. The monoisotopic (exact) mass is 301 g/mol. The first-order valence-electron chi connectivity index (χ1n) is 6.24. The lowest BCUT2D eigenvalue weighted by Crippen LogP contribution is -2.02. The van der Waals surface area contributed by atoms with Gasteiger partial charge in [-0.15, -0.1) is 0 Å². The van der Waals surface area contributed by atoms with E-state index in [1.807, 2.05) is 37.3 Å². The molecule has 106 valence electrons. The largest absolute Gasteiger partial charge is 0.467 e. The van der Waals surface area contributed by atoms with Crippen molar-refractivity contribution < 1.29 is 4.74 Å². The Hall–Kier alpha value is -2.47. The van der Waals surface area contributed by atoms with Crippen LogP contribution in [0.4, 0.5) is 11.6 Å². The number of anilines is 2. The summed E-state index contributed by atoms with van der Waals surface area (Å²) in [6.07, 6.45) is 0. The van der Waals surface area contributed by atoms with Gasteiger partial charge in [-0.1, -0.05) is 18.2 Å². The molecule has 0 saturated heterocycles. The minimum absolute atomic E-state index is 0.0636. The quantitative estimate of drug-likeness (QED) is 0.801. The van der Waals surface area contributed by atoms with Crippen molar-refractivity contribution in [1.29, 1.82) is 0 Å². The van der Waals surface area contributed by atoms with Crippen LogP contribution in [-0.2, 0) is 0 Å². The van der Waals surface area contributed by atoms with Crippen molar-refractivity contribution in [2.45, 2.75) is 6.92 Å². The molecule has 7 heteroatoms. The van der Waals surface area contributed by atoms with Gasteiger partial charge in [0.1, 0.15) is 0 Å². The number of pyridine rings is 1. The van der Waals surface area contributed by atoms with Gasteiger partial charge in [0, 0.05) is 11.1 Å². The van der Waals surface area contributed by atoms with E-state index in [1.54, 1.807) is 0 Å². The molecule has 3 rings (SSSR count). The minimum Gasteiger partial charge on any atom is -0.467 e. The maximum atomic E-state index is 5.84. The number of halogens is 1. The smallest absolute Gasteiger partial charge is 0.322 e. The predicted octanol–water partition coefficient (Wildman–Crippen LogP) is 3.13. The van der Waals surface area contributed by atoms with Gasteiger partial charge in [-0.25, -0.2) is 0 Å². The number of ether oxygens (including phenoxy) is 1. The molecular formula is C14H12ClN5O. The molecule has 0 aliphatic heterocycles. The molecular weight excluding hydrogens is 290 g/mol. The van der Waals surface area contributed by atoms with E-state index in [9.17, 15) is 0 Å². The van der Waals surface area contributed by atoms with Gasteiger partial charge in [-0.2, -0.15) is 15.0 Å². The first-order valence-corrected chi connectivity index (χ1v) is 6.62. The van der Waals surface area contributed by atoms with Gasteiger partial charge in [0.15, 0.2) is 0 Å². The zero-order valence-corrected chi connectivity index (χ0v) is 12.2. The molecule has 0 aliphatic carbocycles. The number of aromatic nitrogens is 4. The van der Waals surface area contributed by atoms with Crippen LogP contribution in [0.3, 0.4) is 0 Å². The Labute approximate surface area is 126 Å². The molecule has 0 bridgehead atoms. The Kier molecular flexibility index (Phi) is 3.53. The van der Waals surface area contributed by atoms with Crippen molar-refractivity contribution in [1.82, 2.24) is 19.9 Å². The fourth-order valence-corrected chi connectivity index (χ4v) is 2.10. The van der Waals surface area contributed by atoms with E-state index >= 15 is 0 Å². The first-order chi connectivity index (χ1) is 10.2. The topological polar surface area (TPSA) is 72.8 Å². The lowest BCUT2D eigenvalue weighted by atomic mass is 10.2. The number of benzene rings is 1. The van der Waals surface area contributed by atoms with Crippen molar-refractivity contribution in [2.75, 3.05) is 12.4 Å². The lowest BCUT2D eigenvalue weighted by molar-refractivity contribution is 0.379. The Morgan fingerprint density at radius 2 is 1.90 bits per heavy atom. The number of rotatable bonds is 3. The average Bonchev–Trinajstić information content (AvgIpc) is 2.47. The number of para-hydroxylation sites is 1. The Morgan fingerprint density at radius 3 is 2.71 bits per heavy atom. The van der Waals surface area contributed by atoms with Crippen molar-refractivity contribution in [3.05, 3.63) is 41.3 Å². The summed E-state index contributed by atoms with van der Waals surface area (Å²) >= 11 is 5.84. The van der Waals surface area contributed by atoms with Gasteiger partial charge in [0.2, 0.25) is 11.2 Å². The highest BCUT2D eigenvalue weighted by Crippen LogP contribution is 2.24. The molecule has 1 aromatic carbocycles. The van der Waals surface area contributed by atoms with Gasteiger partial charge in [-0.3, -0.25) is 4.98 Å². The van der Waals surface area contributed by atoms with E-state index in [0.717, 1.165) is 22.3 Å². The molecule has 0 aliphatic rings. The van der Waals surface area contributed by atoms with Crippen LogP contribution in [0, 0.1) is 6.92 Å². The van der Waals surface area contributed by atoms with E-state index in [2.05, 4.69) is 25.3 Å². The molecule has 2 aromatic heterocycles. The zero-order valence-electron chi connectivity index (χ0n) is 11.5. The third-order valence-electron chi connectivity index (χ3n) is 2.88. The van der Waals surface area contributed by atoms with Gasteiger partial charge in [0.05, 0.1) is 18.3 Å². The van der Waals surface area contributed by atoms with Crippen LogP contribution in [0.1, 0.15) is 5.69 Å². The first kappa shape index (κ1) is 13.5. The minimum atomic E-state index is 0.0636. The van der Waals surface area contributed by atoms with E-state index in [4.69, 9.17) is 16.3 Å². The number of nitrogens with zero attached hydrogens (tertiary/aromatic N) is 4. The average molecular weight is 302 g/mol. The fraction of sp³-hybridized carbons (Fsp3) is 0.143. The molecule has 0 spiro atoms. The van der Waals surface area contributed by atoms with Gasteiger partial charge >= 0.3 is 6.01 Å². The van der Waals surface area contributed by atoms with E-state index in [-0.39, 0.29) is 11.3 Å². The van der Waals surface area contributed by atoms with Crippen molar-refractivity contribution in [3.63, 3.8) is 0 Å². The highest BCUT2D eigenvalue weighted by Gasteiger charge is 2.08. The molecule has 21 heavy (non-hydrogen) atoms. The van der Waals surface area contributed by atoms with Crippen LogP contribution in [0.15, 0.2) is 30.3 Å². The molecule has 0 saturated carbocycles. The molecule has 6 nitrogen and oxygen atoms in total. The molecule has 0 radical (unpaired) electrons. The number of fused-ring (bicyclic) bond motifs is 1. The third kappa shape index (κ3) is 2.85. The van der Waals surface area contributed by atoms with Crippen LogP contribution in [0.5, 0.6) is 6.01 Å². The number of methoxy groups -OCH3 is 1. The summed E-state index contributed by atoms with van der Waals surface area (Å²) in [4.78, 5) is 16.5. The summed E-state index contributed by atoms with van der Waals surface area (Å²) in [5, 5.41) is 4.19. The summed E-state index contributed by atoms with van der Waals surface area (Å²) in [7, 11) is 1.47. The van der Waals surface area contributed by atoms with Gasteiger partial charge < -0.3 is 10.1 Å². The Morgan fingerprint density at radius 1 is 1.05 bits per heavy atom. The Balaban J connectivity index is 2.05. The van der Waals surface area contributed by atoms with Crippen LogP contribution >= 0.6 is 11.6 Å². The highest BCUT2D eigenvalue weighted by atomic mass is 35.5. The third-order valence-corrected chi connectivity index (χ3v) is 3.05. The van der Waals surface area contributed by atoms with Gasteiger partial charge in [-0.05, 0) is 30.7 Å². The fourth-order valence-electron chi connectivity index (χ4n) is 1.95. The van der Waals surface area contributed by atoms with Crippen LogP contribution in [-0.4, -0.2) is 27.0 Å². The van der Waals surface area contributed by atoms with Crippen LogP contribution < -0.4 is 10.1 Å². The van der Waals surface area contributed by atoms with E-state index in [0.29, 0.717) is 5.95 Å². The molecule has 0 atom stereocenters. The van der Waals surface area contributed by atoms with Crippen molar-refractivity contribution >= 4 is 34.1 Å². The second-order valence-corrected chi connectivity index (χ2v) is 4.71. The molecule has 3 aromatic rings. The summed E-state index contributed by atoms with van der Waals surface area (Å²) < 4.78 is 4.98. The predicted molar refractivity (Wildman–Crippen MR) is 81.2 cm³/mol. The summed E-state index contributed by atoms with van der Waals surface area (Å²) in [5.41, 5.74) is 2.57. The molecule has 1 N–H and O–H groups in total. The Bertz CT molecular complexity index is 808. The number of hydrogen-bond donors (Lipinski definition) is 1. The van der Waals surface area contributed by atoms with Crippen molar-refractivity contribution in [2.24, 2.45) is 0 Å². The zero-order chi connectivity index (χ0) is 14.8. The maximum absolute atomic E-state index is 5.84. The second-order valence-electron chi connectivity index (χ2n) is 4.37. The SMILES string of the molecule is COc1nc(Cl)nc(Nc2cccc3ccc(C)nc23)n1. The maximum Gasteiger partial charge on any atom is 0.322 e.